The summed E-state index contributed by atoms with van der Waals surface area (Å²) in [5.41, 5.74) is 1.12. The first kappa shape index (κ1) is 15.9. The van der Waals surface area contributed by atoms with Crippen molar-refractivity contribution in [2.24, 2.45) is 5.92 Å². The quantitative estimate of drug-likeness (QED) is 0.918. The van der Waals surface area contributed by atoms with E-state index in [0.29, 0.717) is 11.6 Å². The summed E-state index contributed by atoms with van der Waals surface area (Å²) >= 11 is 0. The van der Waals surface area contributed by atoms with Crippen molar-refractivity contribution in [3.8, 4) is 11.3 Å². The molecular weight excluding hydrogens is 291 g/mol. The van der Waals surface area contributed by atoms with Crippen LogP contribution in [0.5, 0.6) is 0 Å². The van der Waals surface area contributed by atoms with Crippen LogP contribution >= 0.6 is 0 Å². The van der Waals surface area contributed by atoms with Crippen molar-refractivity contribution in [2.45, 2.75) is 19.3 Å². The number of aromatic nitrogens is 2. The number of hydrogen-bond donors (Lipinski definition) is 1. The van der Waals surface area contributed by atoms with Gasteiger partial charge >= 0.3 is 0 Å². The predicted octanol–water partition coefficient (Wildman–Crippen LogP) is 3.43. The highest BCUT2D eigenvalue weighted by molar-refractivity contribution is 5.60. The Morgan fingerprint density at radius 1 is 1.22 bits per heavy atom. The molecule has 1 saturated heterocycles. The molecule has 1 aliphatic rings. The van der Waals surface area contributed by atoms with Gasteiger partial charge in [-0.15, -0.1) is 0 Å². The lowest BCUT2D eigenvalue weighted by Crippen LogP contribution is -2.30. The Morgan fingerprint density at radius 3 is 2.70 bits per heavy atom. The third kappa shape index (κ3) is 4.26. The zero-order chi connectivity index (χ0) is 16.1. The van der Waals surface area contributed by atoms with Crippen molar-refractivity contribution < 1.29 is 4.39 Å². The minimum absolute atomic E-state index is 0.349. The summed E-state index contributed by atoms with van der Waals surface area (Å²) in [5.74, 6) is 0.864. The number of hydrogen-bond acceptors (Lipinski definition) is 4. The van der Waals surface area contributed by atoms with Gasteiger partial charge in [-0.1, -0.05) is 30.3 Å². The van der Waals surface area contributed by atoms with E-state index in [1.54, 1.807) is 0 Å². The minimum Gasteiger partial charge on any atom is -0.354 e. The molecule has 0 amide bonds. The standard InChI is InChI=1S/C18H23FN4/c1-23-11-8-14(9-12-23)7-10-20-18-21-13-16(19)17(22-18)15-5-3-2-4-6-15/h2-6,13-14H,7-12H2,1H3,(H,20,21,22). The number of nitrogens with zero attached hydrogens (tertiary/aromatic N) is 3. The maximum atomic E-state index is 13.9. The summed E-state index contributed by atoms with van der Waals surface area (Å²) in [6, 6.07) is 9.37. The number of benzene rings is 1. The SMILES string of the molecule is CN1CCC(CCNc2ncc(F)c(-c3ccccc3)n2)CC1. The molecule has 1 N–H and O–H groups in total. The average molecular weight is 314 g/mol. The zero-order valence-electron chi connectivity index (χ0n) is 13.5. The molecule has 1 fully saturated rings. The van der Waals surface area contributed by atoms with E-state index in [2.05, 4.69) is 27.2 Å². The molecule has 0 bridgehead atoms. The van der Waals surface area contributed by atoms with Crippen LogP contribution in [0, 0.1) is 11.7 Å². The van der Waals surface area contributed by atoms with Gasteiger partial charge in [0.1, 0.15) is 5.69 Å². The summed E-state index contributed by atoms with van der Waals surface area (Å²) < 4.78 is 13.9. The summed E-state index contributed by atoms with van der Waals surface area (Å²) in [6.45, 7) is 3.18. The summed E-state index contributed by atoms with van der Waals surface area (Å²) in [4.78, 5) is 10.8. The lowest BCUT2D eigenvalue weighted by atomic mass is 9.94. The van der Waals surface area contributed by atoms with Crippen LogP contribution in [0.2, 0.25) is 0 Å². The van der Waals surface area contributed by atoms with E-state index in [1.807, 2.05) is 30.3 Å². The molecule has 2 aromatic rings. The normalized spacial score (nSPS) is 16.4. The van der Waals surface area contributed by atoms with Crippen molar-refractivity contribution >= 4 is 5.95 Å². The average Bonchev–Trinajstić information content (AvgIpc) is 2.59. The molecule has 1 aromatic carbocycles. The van der Waals surface area contributed by atoms with Crippen LogP contribution in [-0.4, -0.2) is 41.5 Å². The topological polar surface area (TPSA) is 41.0 Å². The van der Waals surface area contributed by atoms with Crippen LogP contribution < -0.4 is 5.32 Å². The first-order chi connectivity index (χ1) is 11.2. The second-order valence-electron chi connectivity index (χ2n) is 6.22. The van der Waals surface area contributed by atoms with E-state index in [1.165, 1.54) is 32.1 Å². The highest BCUT2D eigenvalue weighted by Crippen LogP contribution is 2.22. The van der Waals surface area contributed by atoms with Gasteiger partial charge in [0.15, 0.2) is 5.82 Å². The Bertz CT molecular complexity index is 624. The molecule has 0 spiro atoms. The molecular formula is C18H23FN4. The Morgan fingerprint density at radius 2 is 1.96 bits per heavy atom. The first-order valence-electron chi connectivity index (χ1n) is 8.23. The summed E-state index contributed by atoms with van der Waals surface area (Å²) in [6.07, 6.45) is 4.85. The smallest absolute Gasteiger partial charge is 0.223 e. The van der Waals surface area contributed by atoms with Crippen molar-refractivity contribution in [3.05, 3.63) is 42.3 Å². The number of halogens is 1. The molecule has 4 nitrogen and oxygen atoms in total. The van der Waals surface area contributed by atoms with Crippen LogP contribution in [0.25, 0.3) is 11.3 Å². The van der Waals surface area contributed by atoms with E-state index < -0.39 is 5.82 Å². The lowest BCUT2D eigenvalue weighted by Gasteiger charge is -2.28. The molecule has 0 saturated carbocycles. The van der Waals surface area contributed by atoms with Crippen LogP contribution in [0.15, 0.2) is 36.5 Å². The molecule has 3 rings (SSSR count). The van der Waals surface area contributed by atoms with Crippen molar-refractivity contribution in [2.75, 3.05) is 32.0 Å². The van der Waals surface area contributed by atoms with E-state index in [9.17, 15) is 4.39 Å². The van der Waals surface area contributed by atoms with Gasteiger partial charge in [-0.05, 0) is 45.3 Å². The van der Waals surface area contributed by atoms with Crippen molar-refractivity contribution in [1.29, 1.82) is 0 Å². The van der Waals surface area contributed by atoms with Crippen LogP contribution in [0.1, 0.15) is 19.3 Å². The largest absolute Gasteiger partial charge is 0.354 e. The second-order valence-corrected chi connectivity index (χ2v) is 6.22. The number of anilines is 1. The van der Waals surface area contributed by atoms with E-state index in [-0.39, 0.29) is 0 Å². The van der Waals surface area contributed by atoms with Crippen molar-refractivity contribution in [3.63, 3.8) is 0 Å². The van der Waals surface area contributed by atoms with Crippen LogP contribution in [0.4, 0.5) is 10.3 Å². The molecule has 122 valence electrons. The predicted molar refractivity (Wildman–Crippen MR) is 90.8 cm³/mol. The zero-order valence-corrected chi connectivity index (χ0v) is 13.5. The third-order valence-electron chi connectivity index (χ3n) is 4.47. The van der Waals surface area contributed by atoms with Crippen LogP contribution in [-0.2, 0) is 0 Å². The number of nitrogens with one attached hydrogen (secondary N) is 1. The van der Waals surface area contributed by atoms with Gasteiger partial charge < -0.3 is 10.2 Å². The molecule has 5 heteroatoms. The number of rotatable bonds is 5. The molecule has 23 heavy (non-hydrogen) atoms. The second kappa shape index (κ2) is 7.51. The maximum Gasteiger partial charge on any atom is 0.223 e. The Labute approximate surface area is 136 Å². The fourth-order valence-corrected chi connectivity index (χ4v) is 2.99. The maximum absolute atomic E-state index is 13.9. The molecule has 0 unspecified atom stereocenters. The van der Waals surface area contributed by atoms with Gasteiger partial charge in [-0.25, -0.2) is 14.4 Å². The van der Waals surface area contributed by atoms with Gasteiger partial charge in [0, 0.05) is 12.1 Å². The molecule has 0 aliphatic carbocycles. The van der Waals surface area contributed by atoms with Gasteiger partial charge in [0.2, 0.25) is 5.95 Å². The number of likely N-dealkylation sites (tertiary alicyclic amines) is 1. The molecule has 2 heterocycles. The molecule has 1 aliphatic heterocycles. The lowest BCUT2D eigenvalue weighted by molar-refractivity contribution is 0.215. The molecule has 0 radical (unpaired) electrons. The molecule has 0 atom stereocenters. The molecule has 1 aromatic heterocycles. The van der Waals surface area contributed by atoms with Gasteiger partial charge in [0.25, 0.3) is 0 Å². The Balaban J connectivity index is 1.58. The Hall–Kier alpha value is -2.01. The monoisotopic (exact) mass is 314 g/mol. The van der Waals surface area contributed by atoms with Gasteiger partial charge in [0.05, 0.1) is 6.20 Å². The minimum atomic E-state index is -0.392. The number of piperidine rings is 1. The summed E-state index contributed by atoms with van der Waals surface area (Å²) in [7, 11) is 2.17. The van der Waals surface area contributed by atoms with E-state index >= 15 is 0 Å². The highest BCUT2D eigenvalue weighted by Gasteiger charge is 2.16. The van der Waals surface area contributed by atoms with Crippen molar-refractivity contribution in [1.82, 2.24) is 14.9 Å². The van der Waals surface area contributed by atoms with Gasteiger partial charge in [-0.3, -0.25) is 0 Å². The first-order valence-corrected chi connectivity index (χ1v) is 8.23. The van der Waals surface area contributed by atoms with Gasteiger partial charge in [-0.2, -0.15) is 0 Å². The van der Waals surface area contributed by atoms with E-state index in [4.69, 9.17) is 0 Å². The fourth-order valence-electron chi connectivity index (χ4n) is 2.99. The third-order valence-corrected chi connectivity index (χ3v) is 4.47. The van der Waals surface area contributed by atoms with Crippen LogP contribution in [0.3, 0.4) is 0 Å². The summed E-state index contributed by atoms with van der Waals surface area (Å²) in [5, 5.41) is 3.24. The van der Waals surface area contributed by atoms with E-state index in [0.717, 1.165) is 24.4 Å². The Kier molecular flexibility index (Phi) is 5.18. The fraction of sp³-hybridized carbons (Fsp3) is 0.444. The highest BCUT2D eigenvalue weighted by atomic mass is 19.1.